The number of fused-ring (bicyclic) bond motifs is 1. The number of aromatic nitrogens is 1. The summed E-state index contributed by atoms with van der Waals surface area (Å²) < 4.78 is 6.18. The minimum Gasteiger partial charge on any atom is -0.360 e. The van der Waals surface area contributed by atoms with Crippen molar-refractivity contribution in [1.82, 2.24) is 14.8 Å². The van der Waals surface area contributed by atoms with Crippen LogP contribution in [-0.2, 0) is 20.9 Å². The molecule has 1 aromatic rings. The molecule has 26 heavy (non-hydrogen) atoms. The molecule has 140 valence electrons. The molecule has 0 aliphatic carbocycles. The van der Waals surface area contributed by atoms with Gasteiger partial charge in [0.05, 0.1) is 41.7 Å². The Morgan fingerprint density at radius 1 is 1.50 bits per heavy atom. The summed E-state index contributed by atoms with van der Waals surface area (Å²) in [7, 11) is 1.78. The molecule has 3 aliphatic heterocycles. The summed E-state index contributed by atoms with van der Waals surface area (Å²) in [6.07, 6.45) is 3.65. The normalized spacial score (nSPS) is 32.4. The van der Waals surface area contributed by atoms with Gasteiger partial charge in [0.1, 0.15) is 5.60 Å². The highest BCUT2D eigenvalue weighted by Gasteiger charge is 2.68. The van der Waals surface area contributed by atoms with Crippen molar-refractivity contribution >= 4 is 23.2 Å². The van der Waals surface area contributed by atoms with E-state index in [2.05, 4.69) is 4.98 Å². The minimum absolute atomic E-state index is 0.0283. The lowest BCUT2D eigenvalue weighted by atomic mass is 9.76. The van der Waals surface area contributed by atoms with Gasteiger partial charge in [-0.05, 0) is 27.7 Å². The third-order valence-electron chi connectivity index (χ3n) is 5.64. The van der Waals surface area contributed by atoms with Crippen molar-refractivity contribution < 1.29 is 14.3 Å². The fourth-order valence-corrected chi connectivity index (χ4v) is 5.01. The van der Waals surface area contributed by atoms with E-state index in [-0.39, 0.29) is 23.5 Å². The third-order valence-corrected chi connectivity index (χ3v) is 6.46. The van der Waals surface area contributed by atoms with E-state index in [0.717, 1.165) is 10.7 Å². The molecule has 1 spiro atoms. The smallest absolute Gasteiger partial charge is 0.230 e. The number of hydrogen-bond acceptors (Lipinski definition) is 5. The highest BCUT2D eigenvalue weighted by atomic mass is 32.1. The number of ether oxygens (including phenoxy) is 1. The number of carbonyl (C=O) groups is 2. The number of likely N-dealkylation sites (tertiary alicyclic amines) is 1. The zero-order valence-corrected chi connectivity index (χ0v) is 16.7. The van der Waals surface area contributed by atoms with Crippen molar-refractivity contribution in [2.45, 2.75) is 51.5 Å². The van der Waals surface area contributed by atoms with E-state index >= 15 is 0 Å². The van der Waals surface area contributed by atoms with Crippen LogP contribution < -0.4 is 0 Å². The van der Waals surface area contributed by atoms with Gasteiger partial charge in [-0.1, -0.05) is 12.2 Å². The molecule has 2 bridgehead atoms. The van der Waals surface area contributed by atoms with Crippen molar-refractivity contribution in [3.05, 3.63) is 28.2 Å². The number of rotatable bonds is 3. The maximum Gasteiger partial charge on any atom is 0.230 e. The first-order valence-electron chi connectivity index (χ1n) is 8.97. The summed E-state index contributed by atoms with van der Waals surface area (Å²) in [6.45, 7) is 8.98. The molecule has 0 radical (unpaired) electrons. The first-order valence-corrected chi connectivity index (χ1v) is 9.85. The molecule has 6 nitrogen and oxygen atoms in total. The maximum atomic E-state index is 13.2. The van der Waals surface area contributed by atoms with Gasteiger partial charge in [-0.2, -0.15) is 0 Å². The summed E-state index contributed by atoms with van der Waals surface area (Å²) >= 11 is 1.57. The fraction of sp³-hybridized carbons (Fsp3) is 0.632. The van der Waals surface area contributed by atoms with Crippen LogP contribution >= 0.6 is 11.3 Å². The van der Waals surface area contributed by atoms with E-state index in [1.807, 2.05) is 50.1 Å². The lowest BCUT2D eigenvalue weighted by Crippen LogP contribution is -2.47. The number of amides is 2. The van der Waals surface area contributed by atoms with Gasteiger partial charge < -0.3 is 14.5 Å². The van der Waals surface area contributed by atoms with Crippen LogP contribution in [0.2, 0.25) is 0 Å². The fourth-order valence-electron chi connectivity index (χ4n) is 4.40. The average Bonchev–Trinajstić information content (AvgIpc) is 3.27. The molecule has 0 unspecified atom stereocenters. The van der Waals surface area contributed by atoms with Crippen molar-refractivity contribution in [1.29, 1.82) is 0 Å². The largest absolute Gasteiger partial charge is 0.360 e. The molecule has 0 saturated carbocycles. The van der Waals surface area contributed by atoms with E-state index in [1.54, 1.807) is 23.3 Å². The van der Waals surface area contributed by atoms with Crippen LogP contribution in [0, 0.1) is 18.8 Å². The summed E-state index contributed by atoms with van der Waals surface area (Å²) in [5, 5.41) is 2.96. The molecule has 4 heterocycles. The second kappa shape index (κ2) is 5.63. The molecule has 2 amide bonds. The molecule has 3 aliphatic rings. The predicted molar refractivity (Wildman–Crippen MR) is 98.5 cm³/mol. The average molecular weight is 375 g/mol. The molecule has 0 N–H and O–H groups in total. The quantitative estimate of drug-likeness (QED) is 0.758. The molecule has 4 rings (SSSR count). The van der Waals surface area contributed by atoms with Crippen molar-refractivity contribution in [3.63, 3.8) is 0 Å². The van der Waals surface area contributed by atoms with Gasteiger partial charge >= 0.3 is 0 Å². The van der Waals surface area contributed by atoms with Gasteiger partial charge in [-0.3, -0.25) is 9.59 Å². The number of nitrogens with zero attached hydrogens (tertiary/aromatic N) is 3. The minimum atomic E-state index is -0.645. The van der Waals surface area contributed by atoms with Gasteiger partial charge in [0.15, 0.2) is 0 Å². The second-order valence-electron chi connectivity index (χ2n) is 8.55. The van der Waals surface area contributed by atoms with E-state index in [4.69, 9.17) is 4.74 Å². The van der Waals surface area contributed by atoms with Gasteiger partial charge in [-0.15, -0.1) is 11.3 Å². The lowest BCUT2D eigenvalue weighted by molar-refractivity contribution is -0.144. The van der Waals surface area contributed by atoms with Gasteiger partial charge in [0.2, 0.25) is 11.8 Å². The van der Waals surface area contributed by atoms with Crippen LogP contribution in [0.5, 0.6) is 0 Å². The second-order valence-corrected chi connectivity index (χ2v) is 9.61. The van der Waals surface area contributed by atoms with Crippen LogP contribution in [0.4, 0.5) is 0 Å². The van der Waals surface area contributed by atoms with E-state index in [9.17, 15) is 9.59 Å². The molecule has 4 atom stereocenters. The molecule has 0 aromatic carbocycles. The zero-order valence-electron chi connectivity index (χ0n) is 15.9. The maximum absolute atomic E-state index is 13.2. The van der Waals surface area contributed by atoms with Gasteiger partial charge in [-0.25, -0.2) is 4.98 Å². The van der Waals surface area contributed by atoms with E-state index < -0.39 is 17.4 Å². The topological polar surface area (TPSA) is 62.7 Å². The Balaban J connectivity index is 1.58. The first kappa shape index (κ1) is 17.7. The number of thiazole rings is 1. The van der Waals surface area contributed by atoms with Crippen LogP contribution in [0.3, 0.4) is 0 Å². The van der Waals surface area contributed by atoms with E-state index in [1.165, 1.54) is 0 Å². The lowest BCUT2D eigenvalue weighted by Gasteiger charge is -2.34. The monoisotopic (exact) mass is 375 g/mol. The molecular weight excluding hydrogens is 350 g/mol. The Bertz CT molecular complexity index is 796. The van der Waals surface area contributed by atoms with Crippen molar-refractivity contribution in [3.8, 4) is 0 Å². The Hall–Kier alpha value is -1.73. The van der Waals surface area contributed by atoms with Gasteiger partial charge in [0, 0.05) is 18.0 Å². The summed E-state index contributed by atoms with van der Waals surface area (Å²) in [4.78, 5) is 34.3. The Morgan fingerprint density at radius 2 is 2.23 bits per heavy atom. The molecule has 2 saturated heterocycles. The van der Waals surface area contributed by atoms with E-state index in [0.29, 0.717) is 13.1 Å². The highest BCUT2D eigenvalue weighted by molar-refractivity contribution is 7.09. The van der Waals surface area contributed by atoms with Crippen LogP contribution in [0.15, 0.2) is 17.5 Å². The SMILES string of the molecule is Cc1nc(CN(C)C(=O)[C@H]2[C@@H]3C=C[C@@]4(CN(C(C)(C)C)C(=O)[C@@H]24)O3)cs1. The van der Waals surface area contributed by atoms with Crippen molar-refractivity contribution in [2.75, 3.05) is 13.6 Å². The molecular formula is C19H25N3O3S. The molecule has 2 fully saturated rings. The Labute approximate surface area is 157 Å². The van der Waals surface area contributed by atoms with Crippen LogP contribution in [0.1, 0.15) is 31.5 Å². The predicted octanol–water partition coefficient (Wildman–Crippen LogP) is 1.99. The Morgan fingerprint density at radius 3 is 2.85 bits per heavy atom. The Kier molecular flexibility index (Phi) is 3.83. The molecule has 1 aromatic heterocycles. The number of hydrogen-bond donors (Lipinski definition) is 0. The zero-order chi connectivity index (χ0) is 18.9. The summed E-state index contributed by atoms with van der Waals surface area (Å²) in [5.74, 6) is -0.894. The first-order chi connectivity index (χ1) is 12.1. The summed E-state index contributed by atoms with van der Waals surface area (Å²) in [5.41, 5.74) is -0.0528. The van der Waals surface area contributed by atoms with Crippen LogP contribution in [-0.4, -0.2) is 57.4 Å². The van der Waals surface area contributed by atoms with Gasteiger partial charge in [0.25, 0.3) is 0 Å². The number of carbonyl (C=O) groups excluding carboxylic acids is 2. The standard InChI is InChI=1S/C19H25N3O3S/c1-11-20-12(9-26-11)8-21(5)16(23)14-13-6-7-19(25-13)10-22(18(2,3)4)17(24)15(14)19/h6-7,9,13-15H,8,10H2,1-5H3/t13-,14-,15+,19-/m0/s1. The summed E-state index contributed by atoms with van der Waals surface area (Å²) in [6, 6.07) is 0. The highest BCUT2D eigenvalue weighted by Crippen LogP contribution is 2.53. The van der Waals surface area contributed by atoms with Crippen molar-refractivity contribution in [2.24, 2.45) is 11.8 Å². The third kappa shape index (κ3) is 2.52. The number of aryl methyl sites for hydroxylation is 1. The van der Waals surface area contributed by atoms with Crippen LogP contribution in [0.25, 0.3) is 0 Å². The molecule has 7 heteroatoms.